The van der Waals surface area contributed by atoms with Crippen molar-refractivity contribution >= 4 is 5.97 Å². The van der Waals surface area contributed by atoms with Gasteiger partial charge in [0.2, 0.25) is 0 Å². The van der Waals surface area contributed by atoms with Crippen molar-refractivity contribution in [2.45, 2.75) is 32.4 Å². The number of hydrogen-bond acceptors (Lipinski definition) is 4. The molecule has 78 valence electrons. The van der Waals surface area contributed by atoms with E-state index >= 15 is 0 Å². The van der Waals surface area contributed by atoms with Crippen LogP contribution in [0.5, 0.6) is 0 Å². The van der Waals surface area contributed by atoms with E-state index in [-0.39, 0.29) is 12.5 Å². The Morgan fingerprint density at radius 1 is 1.71 bits per heavy atom. The van der Waals surface area contributed by atoms with Gasteiger partial charge in [-0.25, -0.2) is 0 Å². The fourth-order valence-electron chi connectivity index (χ4n) is 1.00. The van der Waals surface area contributed by atoms with E-state index in [0.717, 1.165) is 0 Å². The molecule has 1 unspecified atom stereocenters. The summed E-state index contributed by atoms with van der Waals surface area (Å²) in [5, 5.41) is 24.9. The van der Waals surface area contributed by atoms with Gasteiger partial charge in [-0.2, -0.15) is 0 Å². The van der Waals surface area contributed by atoms with Gasteiger partial charge in [0.25, 0.3) is 0 Å². The molecule has 0 saturated heterocycles. The molecule has 1 aromatic rings. The molecule has 0 aromatic carbocycles. The number of aryl methyl sites for hydroxylation is 1. The van der Waals surface area contributed by atoms with Crippen LogP contribution < -0.4 is 0 Å². The van der Waals surface area contributed by atoms with Crippen LogP contribution in [0.15, 0.2) is 6.20 Å². The highest BCUT2D eigenvalue weighted by molar-refractivity contribution is 5.69. The molecule has 1 heterocycles. The number of carbonyl (C=O) groups is 1. The molecular formula is C8H13N3O3. The molecular weight excluding hydrogens is 186 g/mol. The van der Waals surface area contributed by atoms with Crippen LogP contribution in [-0.4, -0.2) is 37.3 Å². The Kier molecular flexibility index (Phi) is 3.58. The predicted molar refractivity (Wildman–Crippen MR) is 47.7 cm³/mol. The Bertz CT molecular complexity index is 309. The van der Waals surface area contributed by atoms with E-state index in [1.165, 1.54) is 4.68 Å². The minimum atomic E-state index is -0.924. The predicted octanol–water partition coefficient (Wildman–Crippen LogP) is -0.324. The average molecular weight is 199 g/mol. The molecule has 1 rings (SSSR count). The summed E-state index contributed by atoms with van der Waals surface area (Å²) in [5.74, 6) is -0.924. The van der Waals surface area contributed by atoms with Crippen molar-refractivity contribution < 1.29 is 15.0 Å². The number of carboxylic acids is 1. The standard InChI is InChI=1S/C8H13N3O3/c1-6(12)2-3-11-5-7(9-10-11)4-8(13)14/h5-6,12H,2-4H2,1H3,(H,13,14). The summed E-state index contributed by atoms with van der Waals surface area (Å²) in [6.07, 6.45) is 1.66. The Morgan fingerprint density at radius 3 is 3.00 bits per heavy atom. The Labute approximate surface area is 81.2 Å². The largest absolute Gasteiger partial charge is 0.481 e. The van der Waals surface area contributed by atoms with Gasteiger partial charge in [-0.3, -0.25) is 9.48 Å². The Hall–Kier alpha value is -1.43. The van der Waals surface area contributed by atoms with Crippen molar-refractivity contribution in [2.75, 3.05) is 0 Å². The van der Waals surface area contributed by atoms with E-state index < -0.39 is 5.97 Å². The molecule has 0 bridgehead atoms. The second-order valence-electron chi connectivity index (χ2n) is 3.18. The summed E-state index contributed by atoms with van der Waals surface area (Å²) in [6.45, 7) is 2.24. The fraction of sp³-hybridized carbons (Fsp3) is 0.625. The van der Waals surface area contributed by atoms with E-state index in [2.05, 4.69) is 10.3 Å². The monoisotopic (exact) mass is 199 g/mol. The number of aromatic nitrogens is 3. The highest BCUT2D eigenvalue weighted by atomic mass is 16.4. The maximum absolute atomic E-state index is 10.3. The summed E-state index contributed by atoms with van der Waals surface area (Å²) in [4.78, 5) is 10.3. The number of aliphatic hydroxyl groups is 1. The zero-order valence-electron chi connectivity index (χ0n) is 7.92. The Balaban J connectivity index is 2.46. The molecule has 0 aliphatic carbocycles. The number of hydrogen-bond donors (Lipinski definition) is 2. The van der Waals surface area contributed by atoms with Gasteiger partial charge >= 0.3 is 5.97 Å². The lowest BCUT2D eigenvalue weighted by Crippen LogP contribution is -2.07. The molecule has 6 nitrogen and oxygen atoms in total. The fourth-order valence-corrected chi connectivity index (χ4v) is 1.00. The van der Waals surface area contributed by atoms with Crippen LogP contribution in [0.4, 0.5) is 0 Å². The van der Waals surface area contributed by atoms with Gasteiger partial charge in [0.05, 0.1) is 18.2 Å². The highest BCUT2D eigenvalue weighted by Gasteiger charge is 2.05. The number of aliphatic hydroxyl groups excluding tert-OH is 1. The number of nitrogens with zero attached hydrogens (tertiary/aromatic N) is 3. The van der Waals surface area contributed by atoms with E-state index in [4.69, 9.17) is 10.2 Å². The van der Waals surface area contributed by atoms with Crippen LogP contribution in [0.25, 0.3) is 0 Å². The molecule has 0 saturated carbocycles. The molecule has 0 radical (unpaired) electrons. The summed E-state index contributed by atoms with van der Waals surface area (Å²) in [7, 11) is 0. The van der Waals surface area contributed by atoms with E-state index in [9.17, 15) is 4.79 Å². The van der Waals surface area contributed by atoms with Crippen LogP contribution in [0.1, 0.15) is 19.0 Å². The smallest absolute Gasteiger partial charge is 0.309 e. The van der Waals surface area contributed by atoms with E-state index in [1.807, 2.05) is 0 Å². The molecule has 0 spiro atoms. The third-order valence-electron chi connectivity index (χ3n) is 1.69. The number of rotatable bonds is 5. The summed E-state index contributed by atoms with van der Waals surface area (Å²) < 4.78 is 1.53. The highest BCUT2D eigenvalue weighted by Crippen LogP contribution is 1.98. The molecule has 0 aliphatic heterocycles. The topological polar surface area (TPSA) is 88.2 Å². The average Bonchev–Trinajstić information content (AvgIpc) is 2.47. The second kappa shape index (κ2) is 4.71. The molecule has 0 amide bonds. The van der Waals surface area contributed by atoms with Gasteiger partial charge in [0, 0.05) is 12.7 Å². The summed E-state index contributed by atoms with van der Waals surface area (Å²) >= 11 is 0. The quantitative estimate of drug-likeness (QED) is 0.678. The lowest BCUT2D eigenvalue weighted by Gasteiger charge is -2.01. The Morgan fingerprint density at radius 2 is 2.43 bits per heavy atom. The lowest BCUT2D eigenvalue weighted by molar-refractivity contribution is -0.136. The summed E-state index contributed by atoms with van der Waals surface area (Å²) in [5.41, 5.74) is 0.433. The third kappa shape index (κ3) is 3.53. The van der Waals surface area contributed by atoms with Gasteiger partial charge in [0.1, 0.15) is 0 Å². The SMILES string of the molecule is CC(O)CCn1cc(CC(=O)O)nn1. The van der Waals surface area contributed by atoms with Crippen molar-refractivity contribution in [1.29, 1.82) is 0 Å². The van der Waals surface area contributed by atoms with Crippen LogP contribution >= 0.6 is 0 Å². The van der Waals surface area contributed by atoms with E-state index in [1.54, 1.807) is 13.1 Å². The molecule has 14 heavy (non-hydrogen) atoms. The normalized spacial score (nSPS) is 12.7. The van der Waals surface area contributed by atoms with Gasteiger partial charge in [-0.1, -0.05) is 5.21 Å². The first-order valence-corrected chi connectivity index (χ1v) is 4.37. The number of aliphatic carboxylic acids is 1. The van der Waals surface area contributed by atoms with Crippen molar-refractivity contribution in [2.24, 2.45) is 0 Å². The molecule has 0 aliphatic rings. The van der Waals surface area contributed by atoms with E-state index in [0.29, 0.717) is 18.7 Å². The number of carboxylic acid groups (broad SMARTS) is 1. The second-order valence-corrected chi connectivity index (χ2v) is 3.18. The molecule has 1 atom stereocenters. The van der Waals surface area contributed by atoms with Gasteiger partial charge < -0.3 is 10.2 Å². The first-order valence-electron chi connectivity index (χ1n) is 4.37. The van der Waals surface area contributed by atoms with Gasteiger partial charge in [-0.15, -0.1) is 5.10 Å². The summed E-state index contributed by atoms with van der Waals surface area (Å²) in [6, 6.07) is 0. The first-order chi connectivity index (χ1) is 6.58. The molecule has 1 aromatic heterocycles. The zero-order chi connectivity index (χ0) is 10.6. The minimum Gasteiger partial charge on any atom is -0.481 e. The zero-order valence-corrected chi connectivity index (χ0v) is 7.92. The van der Waals surface area contributed by atoms with Crippen molar-refractivity contribution in [1.82, 2.24) is 15.0 Å². The van der Waals surface area contributed by atoms with Gasteiger partial charge in [-0.05, 0) is 13.3 Å². The third-order valence-corrected chi connectivity index (χ3v) is 1.69. The molecule has 2 N–H and O–H groups in total. The molecule has 0 fully saturated rings. The van der Waals surface area contributed by atoms with Crippen molar-refractivity contribution in [3.05, 3.63) is 11.9 Å². The van der Waals surface area contributed by atoms with Crippen LogP contribution in [0.2, 0.25) is 0 Å². The van der Waals surface area contributed by atoms with Crippen LogP contribution in [0.3, 0.4) is 0 Å². The lowest BCUT2D eigenvalue weighted by atomic mass is 10.3. The van der Waals surface area contributed by atoms with Crippen molar-refractivity contribution in [3.63, 3.8) is 0 Å². The maximum Gasteiger partial charge on any atom is 0.309 e. The van der Waals surface area contributed by atoms with Crippen LogP contribution in [-0.2, 0) is 17.8 Å². The molecule has 6 heteroatoms. The van der Waals surface area contributed by atoms with Crippen molar-refractivity contribution in [3.8, 4) is 0 Å². The first kappa shape index (κ1) is 10.6. The minimum absolute atomic E-state index is 0.116. The maximum atomic E-state index is 10.3. The van der Waals surface area contributed by atoms with Crippen LogP contribution in [0, 0.1) is 0 Å². The van der Waals surface area contributed by atoms with Gasteiger partial charge in [0.15, 0.2) is 0 Å².